The highest BCUT2D eigenvalue weighted by Crippen LogP contribution is 2.34. The number of carbonyl (C=O) groups is 1. The molecule has 1 aromatic carbocycles. The maximum atomic E-state index is 12.4. The molecule has 2 aliphatic rings. The summed E-state index contributed by atoms with van der Waals surface area (Å²) in [6.45, 7) is 0.952. The first-order valence-electron chi connectivity index (χ1n) is 6.97. The standard InChI is InChI=1S/C15H17ClN2O3/c16-13(9-19)14-7-6-12-8-17(14)15(20)18(12)21-10-11-4-2-1-3-5-11/h1-5,9,12,14,19H,6-8,10H2/b13-9-/t12-,14?/m1/s1. The maximum absolute atomic E-state index is 12.4. The molecule has 21 heavy (non-hydrogen) atoms. The summed E-state index contributed by atoms with van der Waals surface area (Å²) in [6, 6.07) is 9.37. The van der Waals surface area contributed by atoms with E-state index in [2.05, 4.69) is 0 Å². The second-order valence-electron chi connectivity index (χ2n) is 5.28. The second-order valence-corrected chi connectivity index (χ2v) is 5.72. The van der Waals surface area contributed by atoms with E-state index in [1.54, 1.807) is 4.90 Å². The van der Waals surface area contributed by atoms with Crippen molar-refractivity contribution in [3.8, 4) is 0 Å². The molecule has 0 spiro atoms. The van der Waals surface area contributed by atoms with E-state index in [0.29, 0.717) is 18.2 Å². The molecule has 0 aliphatic carbocycles. The van der Waals surface area contributed by atoms with Gasteiger partial charge in [0.25, 0.3) is 0 Å². The number of benzene rings is 1. The van der Waals surface area contributed by atoms with Crippen molar-refractivity contribution in [3.63, 3.8) is 0 Å². The first-order valence-corrected chi connectivity index (χ1v) is 7.35. The van der Waals surface area contributed by atoms with E-state index in [0.717, 1.165) is 24.7 Å². The van der Waals surface area contributed by atoms with Crippen LogP contribution in [0.15, 0.2) is 41.6 Å². The average Bonchev–Trinajstić information content (AvgIpc) is 2.77. The van der Waals surface area contributed by atoms with Gasteiger partial charge >= 0.3 is 6.03 Å². The molecule has 2 atom stereocenters. The minimum absolute atomic E-state index is 0.0561. The molecule has 2 fully saturated rings. The second kappa shape index (κ2) is 5.95. The molecule has 2 bridgehead atoms. The van der Waals surface area contributed by atoms with Crippen molar-refractivity contribution in [1.29, 1.82) is 0 Å². The molecule has 2 amide bonds. The molecule has 3 rings (SSSR count). The highest BCUT2D eigenvalue weighted by Gasteiger charge is 2.46. The van der Waals surface area contributed by atoms with E-state index in [9.17, 15) is 4.79 Å². The van der Waals surface area contributed by atoms with Gasteiger partial charge in [-0.15, -0.1) is 0 Å². The zero-order valence-corrected chi connectivity index (χ0v) is 12.2. The van der Waals surface area contributed by atoms with Crippen LogP contribution in [0.1, 0.15) is 18.4 Å². The molecule has 0 aromatic heterocycles. The van der Waals surface area contributed by atoms with Crippen LogP contribution >= 0.6 is 11.6 Å². The molecular formula is C15H17ClN2O3. The lowest BCUT2D eigenvalue weighted by atomic mass is 10.0. The summed E-state index contributed by atoms with van der Waals surface area (Å²) in [4.78, 5) is 19.8. The number of hydrogen-bond acceptors (Lipinski definition) is 3. The molecule has 1 unspecified atom stereocenters. The van der Waals surface area contributed by atoms with E-state index in [-0.39, 0.29) is 18.1 Å². The molecule has 2 saturated heterocycles. The monoisotopic (exact) mass is 308 g/mol. The van der Waals surface area contributed by atoms with E-state index in [1.807, 2.05) is 30.3 Å². The third kappa shape index (κ3) is 2.71. The predicted molar refractivity (Wildman–Crippen MR) is 78.5 cm³/mol. The molecule has 1 aromatic rings. The van der Waals surface area contributed by atoms with Gasteiger partial charge in [-0.1, -0.05) is 41.9 Å². The minimum atomic E-state index is -0.245. The Morgan fingerprint density at radius 1 is 1.38 bits per heavy atom. The zero-order chi connectivity index (χ0) is 14.8. The molecular weight excluding hydrogens is 292 g/mol. The summed E-state index contributed by atoms with van der Waals surface area (Å²) in [5, 5.41) is 10.8. The SMILES string of the molecule is O=C1N2C[C@@H](CCC2/C(Cl)=C/O)N1OCc1ccccc1. The number of piperidine rings is 1. The van der Waals surface area contributed by atoms with E-state index in [4.69, 9.17) is 21.5 Å². The topological polar surface area (TPSA) is 53.0 Å². The number of hydrogen-bond donors (Lipinski definition) is 1. The van der Waals surface area contributed by atoms with Crippen LogP contribution in [0.4, 0.5) is 4.79 Å². The van der Waals surface area contributed by atoms with Crippen molar-refractivity contribution in [2.24, 2.45) is 0 Å². The van der Waals surface area contributed by atoms with Crippen LogP contribution in [-0.4, -0.2) is 39.7 Å². The van der Waals surface area contributed by atoms with Crippen LogP contribution in [0.25, 0.3) is 0 Å². The minimum Gasteiger partial charge on any atom is -0.514 e. The lowest BCUT2D eigenvalue weighted by molar-refractivity contribution is -0.140. The summed E-state index contributed by atoms with van der Waals surface area (Å²) < 4.78 is 0. The van der Waals surface area contributed by atoms with Crippen LogP contribution < -0.4 is 0 Å². The molecule has 0 saturated carbocycles. The third-order valence-corrected chi connectivity index (χ3v) is 4.33. The van der Waals surface area contributed by atoms with Gasteiger partial charge in [0.15, 0.2) is 0 Å². The number of fused-ring (bicyclic) bond motifs is 2. The fourth-order valence-corrected chi connectivity index (χ4v) is 3.12. The fourth-order valence-electron chi connectivity index (χ4n) is 2.89. The van der Waals surface area contributed by atoms with Gasteiger partial charge in [0.05, 0.1) is 23.4 Å². The summed E-state index contributed by atoms with van der Waals surface area (Å²) >= 11 is 5.98. The Bertz CT molecular complexity index is 549. The number of rotatable bonds is 4. The van der Waals surface area contributed by atoms with Crippen LogP contribution in [-0.2, 0) is 11.4 Å². The molecule has 6 heteroatoms. The van der Waals surface area contributed by atoms with Crippen LogP contribution in [0.3, 0.4) is 0 Å². The Labute approximate surface area is 128 Å². The fraction of sp³-hybridized carbons (Fsp3) is 0.400. The van der Waals surface area contributed by atoms with Gasteiger partial charge < -0.3 is 10.0 Å². The van der Waals surface area contributed by atoms with Crippen molar-refractivity contribution >= 4 is 17.6 Å². The number of amides is 2. The van der Waals surface area contributed by atoms with Crippen LogP contribution in [0.2, 0.25) is 0 Å². The Hall–Kier alpha value is -1.72. The van der Waals surface area contributed by atoms with Gasteiger partial charge in [0, 0.05) is 6.54 Å². The van der Waals surface area contributed by atoms with E-state index in [1.165, 1.54) is 5.06 Å². The zero-order valence-electron chi connectivity index (χ0n) is 11.5. The highest BCUT2D eigenvalue weighted by molar-refractivity contribution is 6.30. The number of halogens is 1. The van der Waals surface area contributed by atoms with Crippen molar-refractivity contribution in [2.45, 2.75) is 31.5 Å². The predicted octanol–water partition coefficient (Wildman–Crippen LogP) is 3.03. The highest BCUT2D eigenvalue weighted by atomic mass is 35.5. The lowest BCUT2D eigenvalue weighted by Crippen LogP contribution is -2.40. The van der Waals surface area contributed by atoms with E-state index < -0.39 is 0 Å². The summed E-state index contributed by atoms with van der Waals surface area (Å²) in [6.07, 6.45) is 2.41. The summed E-state index contributed by atoms with van der Waals surface area (Å²) in [5.41, 5.74) is 1.02. The van der Waals surface area contributed by atoms with Gasteiger partial charge in [0.1, 0.15) is 6.61 Å². The number of urea groups is 1. The van der Waals surface area contributed by atoms with Crippen LogP contribution in [0, 0.1) is 0 Å². The van der Waals surface area contributed by atoms with Gasteiger partial charge in [-0.3, -0.25) is 4.84 Å². The lowest BCUT2D eigenvalue weighted by Gasteiger charge is -2.29. The largest absolute Gasteiger partial charge is 0.514 e. The Morgan fingerprint density at radius 3 is 2.86 bits per heavy atom. The van der Waals surface area contributed by atoms with Crippen molar-refractivity contribution in [2.75, 3.05) is 6.54 Å². The average molecular weight is 309 g/mol. The quantitative estimate of drug-likeness (QED) is 0.870. The molecule has 2 heterocycles. The molecule has 2 aliphatic heterocycles. The Kier molecular flexibility index (Phi) is 4.03. The van der Waals surface area contributed by atoms with Gasteiger partial charge in [-0.2, -0.15) is 5.06 Å². The number of nitrogens with zero attached hydrogens (tertiary/aromatic N) is 2. The summed E-state index contributed by atoms with van der Waals surface area (Å²) in [5.74, 6) is 0. The van der Waals surface area contributed by atoms with Crippen LogP contribution in [0.5, 0.6) is 0 Å². The maximum Gasteiger partial charge on any atom is 0.344 e. The molecule has 5 nitrogen and oxygen atoms in total. The number of aliphatic hydroxyl groups excluding tert-OH is 1. The van der Waals surface area contributed by atoms with Gasteiger partial charge in [-0.25, -0.2) is 4.79 Å². The third-order valence-electron chi connectivity index (χ3n) is 3.98. The van der Waals surface area contributed by atoms with Crippen molar-refractivity contribution < 1.29 is 14.7 Å². The number of aliphatic hydroxyl groups is 1. The first kappa shape index (κ1) is 14.2. The first-order chi connectivity index (χ1) is 10.2. The van der Waals surface area contributed by atoms with Gasteiger partial charge in [0.2, 0.25) is 0 Å². The van der Waals surface area contributed by atoms with Gasteiger partial charge in [-0.05, 0) is 18.4 Å². The Balaban J connectivity index is 1.67. The van der Waals surface area contributed by atoms with E-state index >= 15 is 0 Å². The van der Waals surface area contributed by atoms with Crippen molar-refractivity contribution in [1.82, 2.24) is 9.96 Å². The Morgan fingerprint density at radius 2 is 2.14 bits per heavy atom. The number of carbonyl (C=O) groups excluding carboxylic acids is 1. The summed E-state index contributed by atoms with van der Waals surface area (Å²) in [7, 11) is 0. The molecule has 0 radical (unpaired) electrons. The molecule has 1 N–H and O–H groups in total. The molecule has 112 valence electrons. The van der Waals surface area contributed by atoms with Crippen molar-refractivity contribution in [3.05, 3.63) is 47.2 Å². The smallest absolute Gasteiger partial charge is 0.344 e. The number of hydroxylamine groups is 2. The normalized spacial score (nSPS) is 25.6.